The lowest BCUT2D eigenvalue weighted by Crippen LogP contribution is -2.37. The highest BCUT2D eigenvalue weighted by molar-refractivity contribution is 5.10. The predicted molar refractivity (Wildman–Crippen MR) is 82.5 cm³/mol. The van der Waals surface area contributed by atoms with Gasteiger partial charge in [0.2, 0.25) is 0 Å². The van der Waals surface area contributed by atoms with Crippen LogP contribution < -0.4 is 5.32 Å². The number of aromatic nitrogens is 2. The molecule has 0 aliphatic rings. The van der Waals surface area contributed by atoms with Crippen LogP contribution in [0.5, 0.6) is 0 Å². The van der Waals surface area contributed by atoms with Crippen molar-refractivity contribution >= 4 is 0 Å². The molecule has 1 aromatic heterocycles. The Morgan fingerprint density at radius 1 is 1.32 bits per heavy atom. The highest BCUT2D eigenvalue weighted by atomic mass is 15.3. The van der Waals surface area contributed by atoms with Crippen LogP contribution in [-0.2, 0) is 19.4 Å². The molecule has 0 fully saturated rings. The Hall–Kier alpha value is -0.830. The fraction of sp³-hybridized carbons (Fsp3) is 0.812. The van der Waals surface area contributed by atoms with Gasteiger partial charge in [0.15, 0.2) is 0 Å². The van der Waals surface area contributed by atoms with Crippen LogP contribution in [0.3, 0.4) is 0 Å². The molecule has 1 atom stereocenters. The van der Waals surface area contributed by atoms with E-state index in [1.165, 1.54) is 24.2 Å². The van der Waals surface area contributed by atoms with E-state index in [2.05, 4.69) is 62.8 Å². The quantitative estimate of drug-likeness (QED) is 0.818. The van der Waals surface area contributed by atoms with E-state index in [1.807, 2.05) is 0 Å². The number of nitrogens with zero attached hydrogens (tertiary/aromatic N) is 2. The summed E-state index contributed by atoms with van der Waals surface area (Å²) >= 11 is 0. The molecule has 1 aromatic rings. The van der Waals surface area contributed by atoms with Gasteiger partial charge in [0.1, 0.15) is 0 Å². The topological polar surface area (TPSA) is 29.9 Å². The molecule has 1 N–H and O–H groups in total. The molecule has 110 valence electrons. The lowest BCUT2D eigenvalue weighted by atomic mass is 9.84. The Labute approximate surface area is 118 Å². The Morgan fingerprint density at radius 3 is 2.47 bits per heavy atom. The normalized spacial score (nSPS) is 13.8. The molecule has 3 heteroatoms. The summed E-state index contributed by atoms with van der Waals surface area (Å²) in [5.74, 6) is 0. The van der Waals surface area contributed by atoms with Gasteiger partial charge >= 0.3 is 0 Å². The highest BCUT2D eigenvalue weighted by Gasteiger charge is 2.22. The zero-order valence-corrected chi connectivity index (χ0v) is 13.6. The van der Waals surface area contributed by atoms with Gasteiger partial charge in [-0.15, -0.1) is 0 Å². The third-order valence-electron chi connectivity index (χ3n) is 3.90. The number of aryl methyl sites for hydroxylation is 3. The Kier molecular flexibility index (Phi) is 6.05. The smallest absolute Gasteiger partial charge is 0.0624 e. The first-order valence-corrected chi connectivity index (χ1v) is 7.65. The molecule has 0 saturated carbocycles. The maximum Gasteiger partial charge on any atom is 0.0624 e. The van der Waals surface area contributed by atoms with E-state index >= 15 is 0 Å². The van der Waals surface area contributed by atoms with Gasteiger partial charge in [-0.05, 0) is 51.1 Å². The van der Waals surface area contributed by atoms with Crippen molar-refractivity contribution in [3.05, 3.63) is 17.5 Å². The molecule has 0 spiro atoms. The van der Waals surface area contributed by atoms with Gasteiger partial charge < -0.3 is 5.32 Å². The van der Waals surface area contributed by atoms with Gasteiger partial charge in [-0.2, -0.15) is 5.10 Å². The van der Waals surface area contributed by atoms with E-state index in [9.17, 15) is 0 Å². The number of nitrogens with one attached hydrogen (secondary N) is 1. The first kappa shape index (κ1) is 16.2. The summed E-state index contributed by atoms with van der Waals surface area (Å²) in [6.45, 7) is 12.2. The molecular formula is C16H31N3. The molecule has 0 aliphatic carbocycles. The molecule has 0 radical (unpaired) electrons. The number of hydrogen-bond acceptors (Lipinski definition) is 2. The van der Waals surface area contributed by atoms with Crippen molar-refractivity contribution in [1.29, 1.82) is 0 Å². The van der Waals surface area contributed by atoms with Gasteiger partial charge in [0, 0.05) is 18.3 Å². The predicted octanol–water partition coefficient (Wildman–Crippen LogP) is 3.42. The van der Waals surface area contributed by atoms with Crippen LogP contribution in [-0.4, -0.2) is 22.9 Å². The maximum atomic E-state index is 4.61. The molecular weight excluding hydrogens is 234 g/mol. The van der Waals surface area contributed by atoms with E-state index in [-0.39, 0.29) is 0 Å². The molecule has 1 heterocycles. The van der Waals surface area contributed by atoms with Crippen LogP contribution in [0.15, 0.2) is 6.07 Å². The average molecular weight is 265 g/mol. The second-order valence-corrected chi connectivity index (χ2v) is 6.40. The maximum absolute atomic E-state index is 4.61. The SMILES string of the molecule is CCc1cc(CCCC(NC)C(C)(C)C)n(CC)n1. The molecule has 0 saturated heterocycles. The summed E-state index contributed by atoms with van der Waals surface area (Å²) < 4.78 is 2.16. The van der Waals surface area contributed by atoms with Crippen molar-refractivity contribution in [1.82, 2.24) is 15.1 Å². The van der Waals surface area contributed by atoms with Crippen LogP contribution in [0.1, 0.15) is 58.8 Å². The lowest BCUT2D eigenvalue weighted by molar-refractivity contribution is 0.263. The minimum Gasteiger partial charge on any atom is -0.316 e. The second kappa shape index (κ2) is 7.09. The van der Waals surface area contributed by atoms with E-state index in [0.29, 0.717) is 11.5 Å². The van der Waals surface area contributed by atoms with Gasteiger partial charge in [0.05, 0.1) is 5.69 Å². The average Bonchev–Trinajstić information content (AvgIpc) is 2.75. The first-order valence-electron chi connectivity index (χ1n) is 7.65. The largest absolute Gasteiger partial charge is 0.316 e. The van der Waals surface area contributed by atoms with Crippen LogP contribution in [0.2, 0.25) is 0 Å². The van der Waals surface area contributed by atoms with Gasteiger partial charge in [-0.3, -0.25) is 4.68 Å². The standard InChI is InChI=1S/C16H31N3/c1-7-13-12-14(19(8-2)18-13)10-9-11-15(17-6)16(3,4)5/h12,15,17H,7-11H2,1-6H3. The van der Waals surface area contributed by atoms with Gasteiger partial charge in [-0.1, -0.05) is 27.7 Å². The van der Waals surface area contributed by atoms with Gasteiger partial charge in [0.25, 0.3) is 0 Å². The van der Waals surface area contributed by atoms with Crippen LogP contribution in [0, 0.1) is 5.41 Å². The first-order chi connectivity index (χ1) is 8.92. The minimum absolute atomic E-state index is 0.328. The van der Waals surface area contributed by atoms with Crippen LogP contribution in [0.4, 0.5) is 0 Å². The Bertz CT molecular complexity index is 374. The highest BCUT2D eigenvalue weighted by Crippen LogP contribution is 2.23. The zero-order chi connectivity index (χ0) is 14.5. The van der Waals surface area contributed by atoms with E-state index < -0.39 is 0 Å². The molecule has 0 aromatic carbocycles. The van der Waals surface area contributed by atoms with Gasteiger partial charge in [-0.25, -0.2) is 0 Å². The molecule has 19 heavy (non-hydrogen) atoms. The molecule has 1 unspecified atom stereocenters. The van der Waals surface area contributed by atoms with Crippen molar-refractivity contribution in [3.63, 3.8) is 0 Å². The van der Waals surface area contributed by atoms with Crippen LogP contribution in [0.25, 0.3) is 0 Å². The summed E-state index contributed by atoms with van der Waals surface area (Å²) in [6.07, 6.45) is 4.60. The molecule has 0 bridgehead atoms. The van der Waals surface area contributed by atoms with Crippen molar-refractivity contribution < 1.29 is 0 Å². The molecule has 1 rings (SSSR count). The third-order valence-corrected chi connectivity index (χ3v) is 3.90. The van der Waals surface area contributed by atoms with Crippen molar-refractivity contribution in [2.45, 2.75) is 72.9 Å². The fourth-order valence-electron chi connectivity index (χ4n) is 2.66. The summed E-state index contributed by atoms with van der Waals surface area (Å²) in [4.78, 5) is 0. The fourth-order valence-corrected chi connectivity index (χ4v) is 2.66. The van der Waals surface area contributed by atoms with Crippen molar-refractivity contribution in [2.75, 3.05) is 7.05 Å². The third kappa shape index (κ3) is 4.64. The van der Waals surface area contributed by atoms with E-state index in [0.717, 1.165) is 19.4 Å². The van der Waals surface area contributed by atoms with E-state index in [4.69, 9.17) is 0 Å². The molecule has 3 nitrogen and oxygen atoms in total. The monoisotopic (exact) mass is 265 g/mol. The van der Waals surface area contributed by atoms with E-state index in [1.54, 1.807) is 0 Å². The molecule has 0 amide bonds. The Morgan fingerprint density at radius 2 is 2.00 bits per heavy atom. The zero-order valence-electron chi connectivity index (χ0n) is 13.6. The van der Waals surface area contributed by atoms with Crippen molar-refractivity contribution in [3.8, 4) is 0 Å². The number of hydrogen-bond donors (Lipinski definition) is 1. The lowest BCUT2D eigenvalue weighted by Gasteiger charge is -2.30. The minimum atomic E-state index is 0.328. The summed E-state index contributed by atoms with van der Waals surface area (Å²) in [5.41, 5.74) is 2.94. The van der Waals surface area contributed by atoms with Crippen molar-refractivity contribution in [2.24, 2.45) is 5.41 Å². The summed E-state index contributed by atoms with van der Waals surface area (Å²) in [7, 11) is 2.07. The molecule has 0 aliphatic heterocycles. The Balaban J connectivity index is 2.55. The van der Waals surface area contributed by atoms with Crippen LogP contribution >= 0.6 is 0 Å². The number of rotatable bonds is 7. The second-order valence-electron chi connectivity index (χ2n) is 6.40. The summed E-state index contributed by atoms with van der Waals surface area (Å²) in [6, 6.07) is 2.85. The summed E-state index contributed by atoms with van der Waals surface area (Å²) in [5, 5.41) is 8.07.